The van der Waals surface area contributed by atoms with Gasteiger partial charge in [-0.15, -0.1) is 0 Å². The summed E-state index contributed by atoms with van der Waals surface area (Å²) in [5, 5.41) is 8.79. The summed E-state index contributed by atoms with van der Waals surface area (Å²) in [5.41, 5.74) is 6.62. The molecule has 0 aromatic heterocycles. The maximum atomic E-state index is 13.2. The summed E-state index contributed by atoms with van der Waals surface area (Å²) in [6.07, 6.45) is 4.10. The van der Waals surface area contributed by atoms with Gasteiger partial charge >= 0.3 is 0 Å². The quantitative estimate of drug-likeness (QED) is 0.460. The van der Waals surface area contributed by atoms with E-state index in [-0.39, 0.29) is 17.7 Å². The van der Waals surface area contributed by atoms with Gasteiger partial charge in [0.05, 0.1) is 0 Å². The van der Waals surface area contributed by atoms with Crippen LogP contribution in [-0.4, -0.2) is 29.3 Å². The predicted molar refractivity (Wildman–Crippen MR) is 100 cm³/mol. The summed E-state index contributed by atoms with van der Waals surface area (Å²) >= 11 is 0. The van der Waals surface area contributed by atoms with Gasteiger partial charge < -0.3 is 5.73 Å². The molecule has 1 aromatic carbocycles. The Morgan fingerprint density at radius 2 is 1.96 bits per heavy atom. The summed E-state index contributed by atoms with van der Waals surface area (Å²) in [6, 6.07) is 6.75. The number of anilines is 1. The van der Waals surface area contributed by atoms with Crippen molar-refractivity contribution in [3.63, 3.8) is 0 Å². The van der Waals surface area contributed by atoms with E-state index in [9.17, 15) is 9.59 Å². The van der Waals surface area contributed by atoms with Gasteiger partial charge in [0.15, 0.2) is 6.04 Å². The number of likely N-dealkylation sites (tertiary alicyclic amines) is 1. The molecule has 0 aliphatic carbocycles. The second-order valence-corrected chi connectivity index (χ2v) is 7.63. The molecule has 2 aliphatic rings. The number of nitrogen functional groups attached to an aromatic ring is 1. The van der Waals surface area contributed by atoms with E-state index in [2.05, 4.69) is 17.2 Å². The molecule has 140 valence electrons. The van der Waals surface area contributed by atoms with Crippen molar-refractivity contribution in [2.75, 3.05) is 12.3 Å². The van der Waals surface area contributed by atoms with Crippen LogP contribution < -0.4 is 5.73 Å². The maximum Gasteiger partial charge on any atom is 0.256 e. The lowest BCUT2D eigenvalue weighted by atomic mass is 9.70. The molecule has 6 nitrogen and oxygen atoms in total. The first-order chi connectivity index (χ1) is 12.4. The second kappa shape index (κ2) is 7.17. The van der Waals surface area contributed by atoms with E-state index in [1.807, 2.05) is 38.1 Å². The molecular formula is C20H28N4O2. The molecule has 0 spiro atoms. The van der Waals surface area contributed by atoms with Gasteiger partial charge in [0, 0.05) is 12.2 Å². The molecule has 3 rings (SSSR count). The number of benzene rings is 1. The van der Waals surface area contributed by atoms with Crippen molar-refractivity contribution in [1.29, 1.82) is 0 Å². The number of nitrogens with zero attached hydrogens (tertiary/aromatic N) is 3. The number of nitrogens with two attached hydrogens (primary N) is 1. The SMILES string of the molecule is CCCCCCN1C(=O)C2N=NC(c3cccc(N)c3)(C(C)C)C2C1=O. The molecule has 1 saturated heterocycles. The average Bonchev–Trinajstić information content (AvgIpc) is 3.11. The monoisotopic (exact) mass is 356 g/mol. The van der Waals surface area contributed by atoms with Crippen molar-refractivity contribution in [3.8, 4) is 0 Å². The van der Waals surface area contributed by atoms with Crippen LogP contribution in [0.4, 0.5) is 5.69 Å². The van der Waals surface area contributed by atoms with E-state index in [1.165, 1.54) is 4.90 Å². The molecule has 0 saturated carbocycles. The Morgan fingerprint density at radius 3 is 2.62 bits per heavy atom. The minimum Gasteiger partial charge on any atom is -0.399 e. The van der Waals surface area contributed by atoms with Crippen LogP contribution in [0.3, 0.4) is 0 Å². The van der Waals surface area contributed by atoms with E-state index < -0.39 is 17.5 Å². The Bertz CT molecular complexity index is 730. The molecule has 0 radical (unpaired) electrons. The van der Waals surface area contributed by atoms with Crippen molar-refractivity contribution in [2.24, 2.45) is 22.1 Å². The Labute approximate surface area is 154 Å². The van der Waals surface area contributed by atoms with Gasteiger partial charge in [0.2, 0.25) is 5.91 Å². The van der Waals surface area contributed by atoms with Crippen LogP contribution in [0, 0.1) is 11.8 Å². The fourth-order valence-corrected chi connectivity index (χ4v) is 4.23. The van der Waals surface area contributed by atoms with E-state index in [0.717, 1.165) is 31.2 Å². The molecule has 0 bridgehead atoms. The van der Waals surface area contributed by atoms with Gasteiger partial charge in [-0.2, -0.15) is 10.2 Å². The standard InChI is InChI=1S/C20H28N4O2/c1-4-5-6-7-11-24-18(25)16-17(19(24)26)22-23-20(16,13(2)3)14-9-8-10-15(21)12-14/h8-10,12-13,16-17H,4-7,11,21H2,1-3H3. The third kappa shape index (κ3) is 2.81. The molecule has 2 aliphatic heterocycles. The zero-order chi connectivity index (χ0) is 18.9. The van der Waals surface area contributed by atoms with Gasteiger partial charge in [-0.05, 0) is 30.0 Å². The number of unbranched alkanes of at least 4 members (excludes halogenated alkanes) is 3. The molecular weight excluding hydrogens is 328 g/mol. The Kier molecular flexibility index (Phi) is 5.12. The predicted octanol–water partition coefficient (Wildman–Crippen LogP) is 3.52. The van der Waals surface area contributed by atoms with Crippen LogP contribution >= 0.6 is 0 Å². The van der Waals surface area contributed by atoms with Crippen LogP contribution in [0.25, 0.3) is 0 Å². The highest BCUT2D eigenvalue weighted by atomic mass is 16.2. The van der Waals surface area contributed by atoms with Crippen LogP contribution in [0.15, 0.2) is 34.5 Å². The largest absolute Gasteiger partial charge is 0.399 e. The summed E-state index contributed by atoms with van der Waals surface area (Å²) in [5.74, 6) is -0.896. The third-order valence-corrected chi connectivity index (χ3v) is 5.65. The minimum absolute atomic E-state index is 0.0137. The smallest absolute Gasteiger partial charge is 0.256 e. The molecule has 26 heavy (non-hydrogen) atoms. The maximum absolute atomic E-state index is 13.2. The molecule has 2 amide bonds. The Hall–Kier alpha value is -2.24. The van der Waals surface area contributed by atoms with E-state index in [0.29, 0.717) is 12.2 Å². The summed E-state index contributed by atoms with van der Waals surface area (Å²) in [7, 11) is 0. The lowest BCUT2D eigenvalue weighted by Gasteiger charge is -2.34. The van der Waals surface area contributed by atoms with Gasteiger partial charge in [-0.3, -0.25) is 14.5 Å². The number of rotatable bonds is 7. The van der Waals surface area contributed by atoms with Crippen LogP contribution in [0.1, 0.15) is 52.0 Å². The number of hydrogen-bond donors (Lipinski definition) is 1. The number of carbonyl (C=O) groups excluding carboxylic acids is 2. The van der Waals surface area contributed by atoms with Gasteiger partial charge in [-0.25, -0.2) is 0 Å². The molecule has 2 N–H and O–H groups in total. The topological polar surface area (TPSA) is 88.1 Å². The molecule has 6 heteroatoms. The summed E-state index contributed by atoms with van der Waals surface area (Å²) in [6.45, 7) is 6.66. The molecule has 1 fully saturated rings. The lowest BCUT2D eigenvalue weighted by molar-refractivity contribution is -0.140. The molecule has 3 unspecified atom stereocenters. The molecule has 1 aromatic rings. The van der Waals surface area contributed by atoms with Gasteiger partial charge in [0.1, 0.15) is 11.5 Å². The highest BCUT2D eigenvalue weighted by Gasteiger charge is 2.63. The first-order valence-electron chi connectivity index (χ1n) is 9.56. The number of amides is 2. The number of azo groups is 1. The van der Waals surface area contributed by atoms with Crippen molar-refractivity contribution in [1.82, 2.24) is 4.90 Å². The Morgan fingerprint density at radius 1 is 1.19 bits per heavy atom. The second-order valence-electron chi connectivity index (χ2n) is 7.63. The highest BCUT2D eigenvalue weighted by molar-refractivity contribution is 6.08. The zero-order valence-electron chi connectivity index (χ0n) is 15.8. The van der Waals surface area contributed by atoms with E-state index in [4.69, 9.17) is 5.73 Å². The minimum atomic E-state index is -0.828. The fraction of sp³-hybridized carbons (Fsp3) is 0.600. The van der Waals surface area contributed by atoms with E-state index in [1.54, 1.807) is 0 Å². The van der Waals surface area contributed by atoms with Crippen LogP contribution in [-0.2, 0) is 15.1 Å². The van der Waals surface area contributed by atoms with Crippen molar-refractivity contribution in [2.45, 2.75) is 58.0 Å². The Balaban J connectivity index is 1.92. The van der Waals surface area contributed by atoms with Gasteiger partial charge in [0.25, 0.3) is 5.91 Å². The number of hydrogen-bond acceptors (Lipinski definition) is 5. The van der Waals surface area contributed by atoms with Crippen LogP contribution in [0.2, 0.25) is 0 Å². The van der Waals surface area contributed by atoms with Crippen LogP contribution in [0.5, 0.6) is 0 Å². The first kappa shape index (κ1) is 18.5. The van der Waals surface area contributed by atoms with Crippen molar-refractivity contribution < 1.29 is 9.59 Å². The zero-order valence-corrected chi connectivity index (χ0v) is 15.8. The summed E-state index contributed by atoms with van der Waals surface area (Å²) < 4.78 is 0. The number of fused-ring (bicyclic) bond motifs is 1. The summed E-state index contributed by atoms with van der Waals surface area (Å²) in [4.78, 5) is 27.4. The number of carbonyl (C=O) groups is 2. The van der Waals surface area contributed by atoms with E-state index >= 15 is 0 Å². The molecule has 2 heterocycles. The highest BCUT2D eigenvalue weighted by Crippen LogP contribution is 2.51. The fourth-order valence-electron chi connectivity index (χ4n) is 4.23. The van der Waals surface area contributed by atoms with Crippen molar-refractivity contribution in [3.05, 3.63) is 29.8 Å². The third-order valence-electron chi connectivity index (χ3n) is 5.65. The normalized spacial score (nSPS) is 27.6. The van der Waals surface area contributed by atoms with Gasteiger partial charge in [-0.1, -0.05) is 52.2 Å². The van der Waals surface area contributed by atoms with Crippen molar-refractivity contribution >= 4 is 17.5 Å². The number of imide groups is 1. The molecule has 3 atom stereocenters. The first-order valence-corrected chi connectivity index (χ1v) is 9.56. The lowest BCUT2D eigenvalue weighted by Crippen LogP contribution is -2.43. The average molecular weight is 356 g/mol.